The van der Waals surface area contributed by atoms with Gasteiger partial charge in [0.25, 0.3) is 0 Å². The Morgan fingerprint density at radius 1 is 1.03 bits per heavy atom. The van der Waals surface area contributed by atoms with Crippen LogP contribution in [0.5, 0.6) is 5.75 Å². The Kier molecular flexibility index (Phi) is 4.56. The molecule has 158 valence electrons. The van der Waals surface area contributed by atoms with Gasteiger partial charge in [-0.2, -0.15) is 0 Å². The first kappa shape index (κ1) is 18.7. The van der Waals surface area contributed by atoms with E-state index in [0.29, 0.717) is 11.2 Å². The third-order valence-corrected chi connectivity index (χ3v) is 8.55. The SMILES string of the molecule is Oc1cccc(CNc2ccc3c(c2)[C@@]24CCCCC2[C@@H](C3)N(CC2CC2)CC4)c1. The van der Waals surface area contributed by atoms with E-state index in [4.69, 9.17) is 0 Å². The molecule has 3 aliphatic carbocycles. The second kappa shape index (κ2) is 7.30. The first-order chi connectivity index (χ1) is 14.7. The molecule has 0 radical (unpaired) electrons. The van der Waals surface area contributed by atoms with Gasteiger partial charge in [0.1, 0.15) is 5.75 Å². The van der Waals surface area contributed by atoms with E-state index in [1.807, 2.05) is 12.1 Å². The van der Waals surface area contributed by atoms with E-state index in [0.717, 1.165) is 30.0 Å². The molecule has 3 nitrogen and oxygen atoms in total. The molecule has 3 heteroatoms. The summed E-state index contributed by atoms with van der Waals surface area (Å²) in [5.74, 6) is 2.19. The van der Waals surface area contributed by atoms with Crippen LogP contribution in [0.3, 0.4) is 0 Å². The quantitative estimate of drug-likeness (QED) is 0.696. The third-order valence-electron chi connectivity index (χ3n) is 8.55. The Morgan fingerprint density at radius 3 is 2.83 bits per heavy atom. The van der Waals surface area contributed by atoms with Crippen molar-refractivity contribution in [2.75, 3.05) is 18.4 Å². The number of benzene rings is 2. The molecule has 1 heterocycles. The smallest absolute Gasteiger partial charge is 0.115 e. The minimum absolute atomic E-state index is 0.340. The number of phenols is 1. The number of piperidine rings is 1. The second-order valence-corrected chi connectivity index (χ2v) is 10.4. The lowest BCUT2D eigenvalue weighted by Gasteiger charge is -2.59. The fourth-order valence-corrected chi connectivity index (χ4v) is 6.92. The zero-order valence-corrected chi connectivity index (χ0v) is 17.9. The molecule has 2 aromatic carbocycles. The first-order valence-corrected chi connectivity index (χ1v) is 12.1. The van der Waals surface area contributed by atoms with E-state index in [-0.39, 0.29) is 0 Å². The fraction of sp³-hybridized carbons (Fsp3) is 0.556. The summed E-state index contributed by atoms with van der Waals surface area (Å²) >= 11 is 0. The minimum Gasteiger partial charge on any atom is -0.508 e. The number of aromatic hydroxyl groups is 1. The number of hydrogen-bond acceptors (Lipinski definition) is 3. The Hall–Kier alpha value is -2.00. The van der Waals surface area contributed by atoms with E-state index in [1.54, 1.807) is 17.2 Å². The van der Waals surface area contributed by atoms with Gasteiger partial charge < -0.3 is 10.4 Å². The molecule has 1 unspecified atom stereocenters. The van der Waals surface area contributed by atoms with Crippen LogP contribution in [0, 0.1) is 11.8 Å². The maximum Gasteiger partial charge on any atom is 0.115 e. The van der Waals surface area contributed by atoms with Crippen LogP contribution in [0.15, 0.2) is 42.5 Å². The highest BCUT2D eigenvalue weighted by Gasteiger charge is 2.54. The number of nitrogens with zero attached hydrogens (tertiary/aromatic N) is 1. The highest BCUT2D eigenvalue weighted by Crippen LogP contribution is 2.56. The lowest BCUT2D eigenvalue weighted by molar-refractivity contribution is -0.0133. The predicted octanol–water partition coefficient (Wildman–Crippen LogP) is 5.47. The van der Waals surface area contributed by atoms with E-state index in [9.17, 15) is 5.11 Å². The van der Waals surface area contributed by atoms with Crippen molar-refractivity contribution in [3.63, 3.8) is 0 Å². The lowest BCUT2D eigenvalue weighted by Crippen LogP contribution is -2.61. The van der Waals surface area contributed by atoms with Crippen LogP contribution in [0.2, 0.25) is 0 Å². The van der Waals surface area contributed by atoms with E-state index in [2.05, 4.69) is 34.5 Å². The number of rotatable bonds is 5. The molecule has 4 aliphatic rings. The predicted molar refractivity (Wildman–Crippen MR) is 122 cm³/mol. The van der Waals surface area contributed by atoms with Gasteiger partial charge in [0.05, 0.1) is 0 Å². The van der Waals surface area contributed by atoms with Crippen molar-refractivity contribution in [2.45, 2.75) is 69.4 Å². The fourth-order valence-electron chi connectivity index (χ4n) is 6.92. The van der Waals surface area contributed by atoms with Gasteiger partial charge in [-0.15, -0.1) is 0 Å². The number of hydrogen-bond donors (Lipinski definition) is 2. The van der Waals surface area contributed by atoms with Crippen LogP contribution in [-0.4, -0.2) is 29.1 Å². The zero-order valence-electron chi connectivity index (χ0n) is 17.9. The lowest BCUT2D eigenvalue weighted by atomic mass is 9.52. The molecule has 0 amide bonds. The third kappa shape index (κ3) is 3.22. The summed E-state index contributed by atoms with van der Waals surface area (Å²) in [6.07, 6.45) is 11.1. The topological polar surface area (TPSA) is 35.5 Å². The Bertz CT molecular complexity index is 936. The Morgan fingerprint density at radius 2 is 1.97 bits per heavy atom. The van der Waals surface area contributed by atoms with E-state index < -0.39 is 0 Å². The summed E-state index contributed by atoms with van der Waals surface area (Å²) in [6, 6.07) is 15.5. The maximum absolute atomic E-state index is 9.74. The minimum atomic E-state index is 0.340. The van der Waals surface area contributed by atoms with Crippen LogP contribution in [0.4, 0.5) is 5.69 Å². The highest BCUT2D eigenvalue weighted by atomic mass is 16.3. The summed E-state index contributed by atoms with van der Waals surface area (Å²) in [5, 5.41) is 13.4. The van der Waals surface area contributed by atoms with Crippen molar-refractivity contribution >= 4 is 5.69 Å². The number of phenolic OH excluding ortho intramolecular Hbond substituents is 1. The van der Waals surface area contributed by atoms with E-state index >= 15 is 0 Å². The summed E-state index contributed by atoms with van der Waals surface area (Å²) in [6.45, 7) is 3.41. The normalized spacial score (nSPS) is 30.4. The molecule has 2 saturated carbocycles. The monoisotopic (exact) mass is 402 g/mol. The van der Waals surface area contributed by atoms with Gasteiger partial charge in [-0.1, -0.05) is 31.0 Å². The molecular weight excluding hydrogens is 368 g/mol. The van der Waals surface area contributed by atoms with Gasteiger partial charge in [-0.3, -0.25) is 4.90 Å². The van der Waals surface area contributed by atoms with Gasteiger partial charge >= 0.3 is 0 Å². The van der Waals surface area contributed by atoms with Gasteiger partial charge in [0, 0.05) is 30.2 Å². The number of fused-ring (bicyclic) bond motifs is 1. The molecular formula is C27H34N2O. The largest absolute Gasteiger partial charge is 0.508 e. The molecule has 2 aromatic rings. The van der Waals surface area contributed by atoms with Crippen LogP contribution in [-0.2, 0) is 18.4 Å². The van der Waals surface area contributed by atoms with E-state index in [1.165, 1.54) is 70.1 Å². The summed E-state index contributed by atoms with van der Waals surface area (Å²) in [4.78, 5) is 2.89. The van der Waals surface area contributed by atoms with Crippen molar-refractivity contribution in [3.05, 3.63) is 59.2 Å². The molecule has 1 aliphatic heterocycles. The molecule has 30 heavy (non-hydrogen) atoms. The van der Waals surface area contributed by atoms with Crippen LogP contribution in [0.25, 0.3) is 0 Å². The number of nitrogens with one attached hydrogen (secondary N) is 1. The molecule has 3 atom stereocenters. The van der Waals surface area contributed by atoms with Crippen LogP contribution >= 0.6 is 0 Å². The van der Waals surface area contributed by atoms with Gasteiger partial charge in [-0.05, 0) is 97.9 Å². The van der Waals surface area contributed by atoms with Crippen molar-refractivity contribution in [3.8, 4) is 5.75 Å². The number of likely N-dealkylation sites (tertiary alicyclic amines) is 1. The van der Waals surface area contributed by atoms with Crippen LogP contribution in [0.1, 0.15) is 61.6 Å². The molecule has 2 bridgehead atoms. The highest BCUT2D eigenvalue weighted by molar-refractivity contribution is 5.54. The molecule has 1 saturated heterocycles. The maximum atomic E-state index is 9.74. The van der Waals surface area contributed by atoms with Crippen LogP contribution < -0.4 is 5.32 Å². The van der Waals surface area contributed by atoms with Gasteiger partial charge in [-0.25, -0.2) is 0 Å². The molecule has 2 N–H and O–H groups in total. The first-order valence-electron chi connectivity index (χ1n) is 12.1. The summed E-state index contributed by atoms with van der Waals surface area (Å²) in [5.41, 5.74) is 6.04. The van der Waals surface area contributed by atoms with Crippen molar-refractivity contribution in [1.29, 1.82) is 0 Å². The average Bonchev–Trinajstić information content (AvgIpc) is 3.58. The average molecular weight is 403 g/mol. The second-order valence-electron chi connectivity index (χ2n) is 10.4. The Balaban J connectivity index is 1.29. The van der Waals surface area contributed by atoms with Crippen molar-refractivity contribution in [1.82, 2.24) is 4.90 Å². The molecule has 0 spiro atoms. The van der Waals surface area contributed by atoms with Crippen molar-refractivity contribution < 1.29 is 5.11 Å². The molecule has 3 fully saturated rings. The number of anilines is 1. The van der Waals surface area contributed by atoms with Crippen molar-refractivity contribution in [2.24, 2.45) is 11.8 Å². The summed E-state index contributed by atoms with van der Waals surface area (Å²) in [7, 11) is 0. The Labute approximate surface area is 180 Å². The summed E-state index contributed by atoms with van der Waals surface area (Å²) < 4.78 is 0. The standard InChI is InChI=1S/C27H34N2O/c30-23-5-3-4-20(14-23)17-28-22-10-9-21-15-26-24-6-1-2-11-27(24,25(21)16-22)12-13-29(26)18-19-7-8-19/h3-5,9-10,14,16,19,24,26,28,30H,1-2,6-8,11-13,15,17-18H2/t24?,26-,27-/m1/s1. The molecule has 6 rings (SSSR count). The van der Waals surface area contributed by atoms with Gasteiger partial charge in [0.15, 0.2) is 0 Å². The molecule has 0 aromatic heterocycles. The zero-order chi connectivity index (χ0) is 20.1. The van der Waals surface area contributed by atoms with Gasteiger partial charge in [0.2, 0.25) is 0 Å².